The first-order valence-electron chi connectivity index (χ1n) is 13.7. The van der Waals surface area contributed by atoms with E-state index >= 15 is 0 Å². The number of likely N-dealkylation sites (tertiary alicyclic amines) is 1. The molecule has 1 aliphatic carbocycles. The number of hydrogen-bond acceptors (Lipinski definition) is 4. The van der Waals surface area contributed by atoms with E-state index in [9.17, 15) is 14.7 Å². The van der Waals surface area contributed by atoms with Gasteiger partial charge >= 0.3 is 0 Å². The monoisotopic (exact) mass is 558 g/mol. The number of aliphatic hydroxyl groups is 1. The Kier molecular flexibility index (Phi) is 8.34. The molecule has 204 valence electrons. The summed E-state index contributed by atoms with van der Waals surface area (Å²) in [4.78, 5) is 30.0. The summed E-state index contributed by atoms with van der Waals surface area (Å²) in [6.45, 7) is 5.89. The standard InChI is InChI=1S/C30H36Cl2N2O4/c1-18-16-33(17-19(2)38-18)29(36)21-5-3-20(4-6-21)23-14-27(31)26(28(32)15-23)13-22-11-12-34(30(22)37)24-7-9-25(35)10-8-24/h3-6,14-15,18-19,22,24-25,35H,7-13,16-17H2,1-2H3/t18-,19+,22-,24-,25+/m0/s1. The van der Waals surface area contributed by atoms with Crippen molar-refractivity contribution in [3.05, 3.63) is 57.6 Å². The molecular weight excluding hydrogens is 523 g/mol. The average molecular weight is 560 g/mol. The lowest BCUT2D eigenvalue weighted by Gasteiger charge is -2.35. The Labute approximate surface area is 234 Å². The van der Waals surface area contributed by atoms with Gasteiger partial charge in [0.25, 0.3) is 5.91 Å². The number of ether oxygens (including phenoxy) is 1. The van der Waals surface area contributed by atoms with Crippen LogP contribution in [-0.2, 0) is 16.0 Å². The largest absolute Gasteiger partial charge is 0.393 e. The summed E-state index contributed by atoms with van der Waals surface area (Å²) >= 11 is 13.4. The zero-order valence-electron chi connectivity index (χ0n) is 22.0. The van der Waals surface area contributed by atoms with Gasteiger partial charge in [0, 0.05) is 47.2 Å². The van der Waals surface area contributed by atoms with Gasteiger partial charge in [0.15, 0.2) is 0 Å². The number of hydrogen-bond donors (Lipinski definition) is 1. The second kappa shape index (κ2) is 11.5. The van der Waals surface area contributed by atoms with Gasteiger partial charge in [-0.1, -0.05) is 35.3 Å². The van der Waals surface area contributed by atoms with Crippen molar-refractivity contribution in [2.45, 2.75) is 76.7 Å². The molecule has 0 aromatic heterocycles. The van der Waals surface area contributed by atoms with E-state index in [2.05, 4.69) is 0 Å². The highest BCUT2D eigenvalue weighted by Gasteiger charge is 2.37. The van der Waals surface area contributed by atoms with Crippen LogP contribution in [0, 0.1) is 5.92 Å². The van der Waals surface area contributed by atoms with E-state index in [0.29, 0.717) is 35.1 Å². The van der Waals surface area contributed by atoms with Crippen molar-refractivity contribution in [3.8, 4) is 11.1 Å². The van der Waals surface area contributed by atoms with Crippen LogP contribution in [0.4, 0.5) is 0 Å². The van der Waals surface area contributed by atoms with Crippen molar-refractivity contribution in [1.82, 2.24) is 9.80 Å². The first kappa shape index (κ1) is 27.4. The first-order chi connectivity index (χ1) is 18.2. The van der Waals surface area contributed by atoms with Crippen molar-refractivity contribution >= 4 is 35.0 Å². The van der Waals surface area contributed by atoms with Gasteiger partial charge in [-0.2, -0.15) is 0 Å². The molecule has 2 amide bonds. The normalized spacial score (nSPS) is 28.1. The van der Waals surface area contributed by atoms with Crippen LogP contribution < -0.4 is 0 Å². The minimum Gasteiger partial charge on any atom is -0.393 e. The van der Waals surface area contributed by atoms with Gasteiger partial charge in [0.05, 0.1) is 18.3 Å². The molecule has 1 saturated carbocycles. The Balaban J connectivity index is 1.25. The fourth-order valence-corrected chi connectivity index (χ4v) is 6.87. The van der Waals surface area contributed by atoms with Crippen LogP contribution in [0.2, 0.25) is 10.0 Å². The average Bonchev–Trinajstić information content (AvgIpc) is 3.25. The van der Waals surface area contributed by atoms with Crippen LogP contribution in [0.1, 0.15) is 61.9 Å². The van der Waals surface area contributed by atoms with Crippen molar-refractivity contribution in [3.63, 3.8) is 0 Å². The predicted molar refractivity (Wildman–Crippen MR) is 150 cm³/mol. The van der Waals surface area contributed by atoms with E-state index in [0.717, 1.165) is 55.3 Å². The molecule has 38 heavy (non-hydrogen) atoms. The zero-order chi connectivity index (χ0) is 27.0. The molecule has 3 atom stereocenters. The maximum absolute atomic E-state index is 13.2. The molecule has 2 aromatic carbocycles. The van der Waals surface area contributed by atoms with E-state index in [4.69, 9.17) is 27.9 Å². The Hall–Kier alpha value is -2.12. The summed E-state index contributed by atoms with van der Waals surface area (Å²) in [6.07, 6.45) is 4.38. The van der Waals surface area contributed by atoms with E-state index < -0.39 is 0 Å². The maximum Gasteiger partial charge on any atom is 0.254 e. The van der Waals surface area contributed by atoms with E-state index in [-0.39, 0.29) is 42.1 Å². The zero-order valence-corrected chi connectivity index (χ0v) is 23.5. The number of rotatable bonds is 5. The summed E-state index contributed by atoms with van der Waals surface area (Å²) in [5.74, 6) is 0.0511. The third-order valence-electron chi connectivity index (χ3n) is 8.22. The maximum atomic E-state index is 13.2. The lowest BCUT2D eigenvalue weighted by Crippen LogP contribution is -2.48. The summed E-state index contributed by atoms with van der Waals surface area (Å²) in [5, 5.41) is 10.9. The minimum absolute atomic E-state index is 0.00430. The van der Waals surface area contributed by atoms with Gasteiger partial charge in [0.1, 0.15) is 0 Å². The highest BCUT2D eigenvalue weighted by atomic mass is 35.5. The second-order valence-corrected chi connectivity index (χ2v) is 12.0. The molecule has 8 heteroatoms. The van der Waals surface area contributed by atoms with E-state index in [1.54, 1.807) is 0 Å². The van der Waals surface area contributed by atoms with Crippen LogP contribution in [0.3, 0.4) is 0 Å². The third kappa shape index (κ3) is 5.89. The first-order valence-corrected chi connectivity index (χ1v) is 14.5. The number of nitrogens with zero attached hydrogens (tertiary/aromatic N) is 2. The molecule has 3 aliphatic rings. The van der Waals surface area contributed by atoms with Crippen molar-refractivity contribution in [2.24, 2.45) is 5.92 Å². The number of amides is 2. The molecule has 3 fully saturated rings. The number of morpholine rings is 1. The van der Waals surface area contributed by atoms with Gasteiger partial charge in [-0.25, -0.2) is 0 Å². The fourth-order valence-electron chi connectivity index (χ4n) is 6.23. The molecule has 5 rings (SSSR count). The number of benzene rings is 2. The van der Waals surface area contributed by atoms with Crippen molar-refractivity contribution in [2.75, 3.05) is 19.6 Å². The summed E-state index contributed by atoms with van der Waals surface area (Å²) < 4.78 is 5.75. The molecule has 2 aromatic rings. The molecular formula is C30H36Cl2N2O4. The number of carbonyl (C=O) groups is 2. The van der Waals surface area contributed by atoms with Crippen molar-refractivity contribution in [1.29, 1.82) is 0 Å². The lowest BCUT2D eigenvalue weighted by atomic mass is 9.92. The molecule has 6 nitrogen and oxygen atoms in total. The van der Waals surface area contributed by atoms with E-state index in [1.807, 2.05) is 60.0 Å². The lowest BCUT2D eigenvalue weighted by molar-refractivity contribution is -0.133. The van der Waals surface area contributed by atoms with Gasteiger partial charge < -0.3 is 19.6 Å². The van der Waals surface area contributed by atoms with Gasteiger partial charge in [0.2, 0.25) is 5.91 Å². The summed E-state index contributed by atoms with van der Waals surface area (Å²) in [6, 6.07) is 11.5. The Bertz CT molecular complexity index is 1150. The molecule has 0 radical (unpaired) electrons. The molecule has 0 unspecified atom stereocenters. The van der Waals surface area contributed by atoms with E-state index in [1.165, 1.54) is 0 Å². The summed E-state index contributed by atoms with van der Waals surface area (Å²) in [5.41, 5.74) is 3.24. The van der Waals surface area contributed by atoms with Crippen LogP contribution in [0.5, 0.6) is 0 Å². The smallest absolute Gasteiger partial charge is 0.254 e. The Morgan fingerprint density at radius 2 is 1.55 bits per heavy atom. The number of carbonyl (C=O) groups excluding carboxylic acids is 2. The van der Waals surface area contributed by atoms with Crippen LogP contribution in [0.25, 0.3) is 11.1 Å². The predicted octanol–water partition coefficient (Wildman–Crippen LogP) is 5.60. The molecule has 1 N–H and O–H groups in total. The van der Waals surface area contributed by atoms with Crippen LogP contribution in [0.15, 0.2) is 36.4 Å². The number of aliphatic hydroxyl groups excluding tert-OH is 1. The molecule has 2 heterocycles. The highest BCUT2D eigenvalue weighted by Crippen LogP contribution is 2.37. The third-order valence-corrected chi connectivity index (χ3v) is 8.90. The number of halogens is 2. The fraction of sp³-hybridized carbons (Fsp3) is 0.533. The Morgan fingerprint density at radius 1 is 0.947 bits per heavy atom. The molecule has 2 saturated heterocycles. The molecule has 0 spiro atoms. The summed E-state index contributed by atoms with van der Waals surface area (Å²) in [7, 11) is 0. The Morgan fingerprint density at radius 3 is 2.16 bits per heavy atom. The topological polar surface area (TPSA) is 70.1 Å². The van der Waals surface area contributed by atoms with Gasteiger partial charge in [-0.15, -0.1) is 0 Å². The van der Waals surface area contributed by atoms with Crippen LogP contribution >= 0.6 is 23.2 Å². The molecule has 2 aliphatic heterocycles. The minimum atomic E-state index is -0.232. The van der Waals surface area contributed by atoms with Crippen LogP contribution in [-0.4, -0.2) is 70.7 Å². The quantitative estimate of drug-likeness (QED) is 0.518. The van der Waals surface area contributed by atoms with Gasteiger partial charge in [-0.3, -0.25) is 9.59 Å². The van der Waals surface area contributed by atoms with Gasteiger partial charge in [-0.05, 0) is 93.3 Å². The SMILES string of the molecule is C[C@@H]1CN(C(=O)c2ccc(-c3cc(Cl)c(C[C@@H]4CCN([C@H]5CC[C@@H](O)CC5)C4=O)c(Cl)c3)cc2)C[C@H](C)O1. The second-order valence-electron chi connectivity index (χ2n) is 11.1. The highest BCUT2D eigenvalue weighted by molar-refractivity contribution is 6.36. The molecule has 0 bridgehead atoms. The van der Waals surface area contributed by atoms with Crippen molar-refractivity contribution < 1.29 is 19.4 Å².